The molecule has 2 amide bonds. The fourth-order valence-corrected chi connectivity index (χ4v) is 4.97. The Morgan fingerprint density at radius 3 is 2.03 bits per heavy atom. The molecule has 0 aromatic heterocycles. The number of esters is 1. The second-order valence-corrected chi connectivity index (χ2v) is 9.56. The van der Waals surface area contributed by atoms with Gasteiger partial charge in [0.15, 0.2) is 6.61 Å². The minimum Gasteiger partial charge on any atom is -0.452 e. The van der Waals surface area contributed by atoms with Crippen LogP contribution in [-0.2, 0) is 19.6 Å². The van der Waals surface area contributed by atoms with Crippen LogP contribution in [0.2, 0.25) is 0 Å². The predicted octanol–water partition coefficient (Wildman–Crippen LogP) is 2.41. The number of carbonyl (C=O) groups is 3. The van der Waals surface area contributed by atoms with Gasteiger partial charge >= 0.3 is 5.97 Å². The number of benzene rings is 2. The maximum absolute atomic E-state index is 12.8. The molecule has 1 aliphatic rings. The molecule has 176 valence electrons. The third-order valence-corrected chi connectivity index (χ3v) is 7.20. The van der Waals surface area contributed by atoms with Crippen molar-refractivity contribution in [2.45, 2.75) is 30.6 Å². The largest absolute Gasteiger partial charge is 0.452 e. The van der Waals surface area contributed by atoms with Crippen LogP contribution in [0.15, 0.2) is 53.4 Å². The van der Waals surface area contributed by atoms with E-state index in [0.29, 0.717) is 24.3 Å². The standard InChI is InChI=1S/C23H27N3O6S/c1-24-22(28)17-6-10-19(11-7-17)25-21(27)16-32-23(29)18-8-12-20(13-9-18)33(30,31)26-14-4-2-3-5-15-26/h6-13H,2-5,14-16H2,1H3,(H,24,28)(H,25,27). The number of hydrogen-bond acceptors (Lipinski definition) is 6. The Labute approximate surface area is 193 Å². The zero-order valence-electron chi connectivity index (χ0n) is 18.4. The fourth-order valence-electron chi connectivity index (χ4n) is 3.45. The molecule has 0 radical (unpaired) electrons. The van der Waals surface area contributed by atoms with Gasteiger partial charge in [0.25, 0.3) is 11.8 Å². The molecule has 0 saturated carbocycles. The van der Waals surface area contributed by atoms with E-state index in [0.717, 1.165) is 25.7 Å². The van der Waals surface area contributed by atoms with E-state index in [9.17, 15) is 22.8 Å². The molecule has 0 unspecified atom stereocenters. The lowest BCUT2D eigenvalue weighted by Gasteiger charge is -2.19. The Hall–Kier alpha value is -3.24. The van der Waals surface area contributed by atoms with Crippen molar-refractivity contribution in [3.8, 4) is 0 Å². The van der Waals surface area contributed by atoms with Crippen molar-refractivity contribution in [2.75, 3.05) is 32.1 Å². The molecular formula is C23H27N3O6S. The van der Waals surface area contributed by atoms with Gasteiger partial charge in [-0.15, -0.1) is 0 Å². The van der Waals surface area contributed by atoms with Gasteiger partial charge in [-0.25, -0.2) is 13.2 Å². The molecule has 10 heteroatoms. The third-order valence-electron chi connectivity index (χ3n) is 5.29. The average Bonchev–Trinajstić information content (AvgIpc) is 3.13. The normalized spacial score (nSPS) is 14.7. The Balaban J connectivity index is 1.54. The number of hydrogen-bond donors (Lipinski definition) is 2. The van der Waals surface area contributed by atoms with E-state index in [1.165, 1.54) is 35.6 Å². The van der Waals surface area contributed by atoms with Gasteiger partial charge in [0.1, 0.15) is 0 Å². The van der Waals surface area contributed by atoms with Crippen LogP contribution in [0.5, 0.6) is 0 Å². The van der Waals surface area contributed by atoms with Crippen molar-refractivity contribution in [3.05, 3.63) is 59.7 Å². The second kappa shape index (κ2) is 11.1. The molecule has 33 heavy (non-hydrogen) atoms. The molecule has 1 aliphatic heterocycles. The van der Waals surface area contributed by atoms with E-state index in [4.69, 9.17) is 4.74 Å². The monoisotopic (exact) mass is 473 g/mol. The van der Waals surface area contributed by atoms with Crippen LogP contribution in [-0.4, -0.2) is 57.3 Å². The highest BCUT2D eigenvalue weighted by atomic mass is 32.2. The molecule has 9 nitrogen and oxygen atoms in total. The molecule has 1 saturated heterocycles. The smallest absolute Gasteiger partial charge is 0.338 e. The predicted molar refractivity (Wildman–Crippen MR) is 122 cm³/mol. The SMILES string of the molecule is CNC(=O)c1ccc(NC(=O)COC(=O)c2ccc(S(=O)(=O)N3CCCCCC3)cc2)cc1. The molecule has 2 aromatic carbocycles. The summed E-state index contributed by atoms with van der Waals surface area (Å²) in [6, 6.07) is 11.8. The van der Waals surface area contributed by atoms with Crippen molar-refractivity contribution < 1.29 is 27.5 Å². The summed E-state index contributed by atoms with van der Waals surface area (Å²) in [7, 11) is -2.08. The van der Waals surface area contributed by atoms with Crippen LogP contribution in [0.1, 0.15) is 46.4 Å². The number of amides is 2. The van der Waals surface area contributed by atoms with E-state index in [-0.39, 0.29) is 16.4 Å². The number of ether oxygens (including phenoxy) is 1. The number of rotatable bonds is 7. The summed E-state index contributed by atoms with van der Waals surface area (Å²) >= 11 is 0. The molecular weight excluding hydrogens is 446 g/mol. The summed E-state index contributed by atoms with van der Waals surface area (Å²) in [6.45, 7) is 0.482. The van der Waals surface area contributed by atoms with Gasteiger partial charge in [0, 0.05) is 31.4 Å². The highest BCUT2D eigenvalue weighted by Crippen LogP contribution is 2.21. The molecule has 0 bridgehead atoms. The first-order chi connectivity index (χ1) is 15.8. The van der Waals surface area contributed by atoms with Crippen LogP contribution in [0, 0.1) is 0 Å². The minimum absolute atomic E-state index is 0.124. The van der Waals surface area contributed by atoms with E-state index in [2.05, 4.69) is 10.6 Å². The lowest BCUT2D eigenvalue weighted by molar-refractivity contribution is -0.119. The molecule has 2 aromatic rings. The first-order valence-electron chi connectivity index (χ1n) is 10.7. The van der Waals surface area contributed by atoms with Crippen LogP contribution in [0.25, 0.3) is 0 Å². The van der Waals surface area contributed by atoms with Crippen LogP contribution in [0.4, 0.5) is 5.69 Å². The van der Waals surface area contributed by atoms with Crippen LogP contribution >= 0.6 is 0 Å². The summed E-state index contributed by atoms with van der Waals surface area (Å²) in [5.41, 5.74) is 1.04. The highest BCUT2D eigenvalue weighted by molar-refractivity contribution is 7.89. The molecule has 1 heterocycles. The van der Waals surface area contributed by atoms with Gasteiger partial charge in [-0.1, -0.05) is 12.8 Å². The summed E-state index contributed by atoms with van der Waals surface area (Å²) < 4.78 is 32.1. The number of sulfonamides is 1. The Morgan fingerprint density at radius 2 is 1.45 bits per heavy atom. The number of anilines is 1. The fraction of sp³-hybridized carbons (Fsp3) is 0.348. The zero-order valence-corrected chi connectivity index (χ0v) is 19.2. The van der Waals surface area contributed by atoms with Gasteiger partial charge in [-0.05, 0) is 61.4 Å². The van der Waals surface area contributed by atoms with E-state index >= 15 is 0 Å². The molecule has 1 fully saturated rings. The van der Waals surface area contributed by atoms with Gasteiger partial charge in [0.2, 0.25) is 10.0 Å². The average molecular weight is 474 g/mol. The Kier molecular flexibility index (Phi) is 8.18. The van der Waals surface area contributed by atoms with Gasteiger partial charge in [-0.3, -0.25) is 9.59 Å². The first-order valence-corrected chi connectivity index (χ1v) is 12.1. The van der Waals surface area contributed by atoms with Crippen molar-refractivity contribution in [1.82, 2.24) is 9.62 Å². The topological polar surface area (TPSA) is 122 Å². The van der Waals surface area contributed by atoms with E-state index in [1.54, 1.807) is 24.3 Å². The van der Waals surface area contributed by atoms with Crippen molar-refractivity contribution >= 4 is 33.5 Å². The first kappa shape index (κ1) is 24.4. The molecule has 0 spiro atoms. The molecule has 0 atom stereocenters. The number of nitrogens with zero attached hydrogens (tertiary/aromatic N) is 1. The van der Waals surface area contributed by atoms with E-state index in [1.807, 2.05) is 0 Å². The van der Waals surface area contributed by atoms with Gasteiger partial charge < -0.3 is 15.4 Å². The minimum atomic E-state index is -3.61. The maximum atomic E-state index is 12.8. The summed E-state index contributed by atoms with van der Waals surface area (Å²) in [5.74, 6) is -1.53. The Morgan fingerprint density at radius 1 is 0.879 bits per heavy atom. The summed E-state index contributed by atoms with van der Waals surface area (Å²) in [4.78, 5) is 36.0. The molecule has 3 rings (SSSR count). The quantitative estimate of drug-likeness (QED) is 0.596. The molecule has 0 aliphatic carbocycles. The van der Waals surface area contributed by atoms with Crippen molar-refractivity contribution in [3.63, 3.8) is 0 Å². The summed E-state index contributed by atoms with van der Waals surface area (Å²) in [6.07, 6.45) is 3.71. The van der Waals surface area contributed by atoms with Crippen molar-refractivity contribution in [1.29, 1.82) is 0 Å². The van der Waals surface area contributed by atoms with Crippen LogP contribution in [0.3, 0.4) is 0 Å². The third kappa shape index (κ3) is 6.39. The Bertz CT molecular complexity index is 1090. The summed E-state index contributed by atoms with van der Waals surface area (Å²) in [5, 5.41) is 5.07. The highest BCUT2D eigenvalue weighted by Gasteiger charge is 2.25. The number of carbonyl (C=O) groups excluding carboxylic acids is 3. The molecule has 2 N–H and O–H groups in total. The maximum Gasteiger partial charge on any atom is 0.338 e. The lowest BCUT2D eigenvalue weighted by atomic mass is 10.2. The van der Waals surface area contributed by atoms with Gasteiger partial charge in [0.05, 0.1) is 10.5 Å². The van der Waals surface area contributed by atoms with Gasteiger partial charge in [-0.2, -0.15) is 4.31 Å². The zero-order chi connectivity index (χ0) is 23.8. The second-order valence-electron chi connectivity index (χ2n) is 7.62. The number of nitrogens with one attached hydrogen (secondary N) is 2. The van der Waals surface area contributed by atoms with Crippen molar-refractivity contribution in [2.24, 2.45) is 0 Å². The van der Waals surface area contributed by atoms with Crippen LogP contribution < -0.4 is 10.6 Å². The van der Waals surface area contributed by atoms with E-state index < -0.39 is 28.5 Å². The lowest BCUT2D eigenvalue weighted by Crippen LogP contribution is -2.31.